The van der Waals surface area contributed by atoms with Crippen molar-refractivity contribution in [1.29, 1.82) is 0 Å². The van der Waals surface area contributed by atoms with Crippen LogP contribution in [0.2, 0.25) is 15.1 Å². The van der Waals surface area contributed by atoms with Crippen LogP contribution >= 0.6 is 42.7 Å². The van der Waals surface area contributed by atoms with E-state index in [4.69, 9.17) is 34.8 Å². The zero-order chi connectivity index (χ0) is 15.5. The first-order chi connectivity index (χ1) is 10.7. The van der Waals surface area contributed by atoms with Crippen molar-refractivity contribution in [3.63, 3.8) is 0 Å². The second-order valence-corrected chi connectivity index (χ2v) is 7.83. The molecule has 5 heteroatoms. The lowest BCUT2D eigenvalue weighted by Crippen LogP contribution is -2.24. The molecule has 1 aromatic heterocycles. The van der Waals surface area contributed by atoms with Crippen LogP contribution in [0.4, 0.5) is 0 Å². The quantitative estimate of drug-likeness (QED) is 0.607. The molecule has 1 heterocycles. The van der Waals surface area contributed by atoms with Crippen LogP contribution in [0.3, 0.4) is 0 Å². The third-order valence-corrected chi connectivity index (χ3v) is 7.02. The largest absolute Gasteiger partial charge is 0.254 e. The van der Waals surface area contributed by atoms with Crippen LogP contribution in [-0.4, -0.2) is 4.98 Å². The van der Waals surface area contributed by atoms with E-state index in [2.05, 4.69) is 4.98 Å². The number of hydrogen-bond donors (Lipinski definition) is 0. The van der Waals surface area contributed by atoms with Gasteiger partial charge in [0.1, 0.15) is 0 Å². The molecule has 0 radical (unpaired) electrons. The Labute approximate surface area is 145 Å². The molecule has 0 unspecified atom stereocenters. The summed E-state index contributed by atoms with van der Waals surface area (Å²) >= 11 is 19.2. The van der Waals surface area contributed by atoms with Crippen molar-refractivity contribution in [3.8, 4) is 0 Å². The lowest BCUT2D eigenvalue weighted by Gasteiger charge is -2.21. The fraction of sp³-hybridized carbons (Fsp3) is 0. The first kappa shape index (κ1) is 15.8. The Morgan fingerprint density at radius 2 is 1.14 bits per heavy atom. The highest BCUT2D eigenvalue weighted by molar-refractivity contribution is 7.80. The van der Waals surface area contributed by atoms with E-state index < -0.39 is 7.92 Å². The SMILES string of the molecule is Clc1ccccc1P(c1ccccc1Cl)c1ncccc1Cl. The van der Waals surface area contributed by atoms with Crippen molar-refractivity contribution in [1.82, 2.24) is 4.98 Å². The van der Waals surface area contributed by atoms with Crippen molar-refractivity contribution in [2.24, 2.45) is 0 Å². The zero-order valence-electron chi connectivity index (χ0n) is 11.4. The van der Waals surface area contributed by atoms with Gasteiger partial charge in [0.05, 0.1) is 10.5 Å². The maximum Gasteiger partial charge on any atom is 0.0906 e. The molecule has 0 aliphatic rings. The lowest BCUT2D eigenvalue weighted by molar-refractivity contribution is 1.39. The van der Waals surface area contributed by atoms with E-state index in [1.807, 2.05) is 60.7 Å². The molecule has 0 N–H and O–H groups in total. The summed E-state index contributed by atoms with van der Waals surface area (Å²) in [5.41, 5.74) is 0.806. The van der Waals surface area contributed by atoms with Gasteiger partial charge in [-0.05, 0) is 24.3 Å². The zero-order valence-corrected chi connectivity index (χ0v) is 14.5. The van der Waals surface area contributed by atoms with E-state index in [1.54, 1.807) is 6.20 Å². The lowest BCUT2D eigenvalue weighted by atomic mass is 10.4. The highest BCUT2D eigenvalue weighted by atomic mass is 35.5. The van der Waals surface area contributed by atoms with Gasteiger partial charge in [0.2, 0.25) is 0 Å². The van der Waals surface area contributed by atoms with Gasteiger partial charge >= 0.3 is 0 Å². The topological polar surface area (TPSA) is 12.9 Å². The Balaban J connectivity index is 2.27. The number of pyridine rings is 1. The molecule has 22 heavy (non-hydrogen) atoms. The molecule has 0 aliphatic heterocycles. The second-order valence-electron chi connectivity index (χ2n) is 4.55. The molecular formula is C17H11Cl3NP. The standard InChI is InChI=1S/C17H11Cl3NP/c18-12-6-1-3-9-15(12)22(16-10-4-2-7-13(16)19)17-14(20)8-5-11-21-17/h1-11H. The average Bonchev–Trinajstić information content (AvgIpc) is 2.53. The van der Waals surface area contributed by atoms with Crippen LogP contribution < -0.4 is 16.0 Å². The molecule has 0 spiro atoms. The van der Waals surface area contributed by atoms with Crippen molar-refractivity contribution >= 4 is 58.8 Å². The highest BCUT2D eigenvalue weighted by Crippen LogP contribution is 2.38. The number of nitrogens with zero attached hydrogens (tertiary/aromatic N) is 1. The molecule has 0 saturated heterocycles. The van der Waals surface area contributed by atoms with Gasteiger partial charge in [0.25, 0.3) is 0 Å². The van der Waals surface area contributed by atoms with E-state index in [0.717, 1.165) is 16.0 Å². The van der Waals surface area contributed by atoms with Crippen LogP contribution in [0.15, 0.2) is 66.9 Å². The Morgan fingerprint density at radius 1 is 0.636 bits per heavy atom. The maximum atomic E-state index is 6.43. The molecule has 0 atom stereocenters. The minimum atomic E-state index is -1.02. The fourth-order valence-corrected chi connectivity index (χ4v) is 5.55. The summed E-state index contributed by atoms with van der Waals surface area (Å²) in [6.07, 6.45) is 1.74. The van der Waals surface area contributed by atoms with E-state index in [1.165, 1.54) is 0 Å². The van der Waals surface area contributed by atoms with Gasteiger partial charge in [-0.1, -0.05) is 71.2 Å². The summed E-state index contributed by atoms with van der Waals surface area (Å²) in [4.78, 5) is 4.49. The summed E-state index contributed by atoms with van der Waals surface area (Å²) in [5.74, 6) is 0. The third-order valence-electron chi connectivity index (χ3n) is 3.14. The number of aromatic nitrogens is 1. The van der Waals surface area contributed by atoms with Gasteiger partial charge in [-0.2, -0.15) is 0 Å². The summed E-state index contributed by atoms with van der Waals surface area (Å²) in [6, 6.07) is 19.2. The smallest absolute Gasteiger partial charge is 0.0906 e. The van der Waals surface area contributed by atoms with Crippen molar-refractivity contribution in [2.75, 3.05) is 0 Å². The van der Waals surface area contributed by atoms with Crippen molar-refractivity contribution in [3.05, 3.63) is 81.9 Å². The van der Waals surface area contributed by atoms with Gasteiger partial charge in [0.15, 0.2) is 0 Å². The van der Waals surface area contributed by atoms with Gasteiger partial charge in [-0.3, -0.25) is 4.98 Å². The Bertz CT molecular complexity index is 699. The molecular weight excluding hydrogens is 356 g/mol. The van der Waals surface area contributed by atoms with E-state index >= 15 is 0 Å². The summed E-state index contributed by atoms with van der Waals surface area (Å²) in [5, 5.41) is 3.99. The van der Waals surface area contributed by atoms with Crippen molar-refractivity contribution in [2.45, 2.75) is 0 Å². The molecule has 0 bridgehead atoms. The van der Waals surface area contributed by atoms with Crippen LogP contribution in [0.5, 0.6) is 0 Å². The fourth-order valence-electron chi connectivity index (χ4n) is 2.17. The molecule has 0 aliphatic carbocycles. The maximum absolute atomic E-state index is 6.43. The minimum Gasteiger partial charge on any atom is -0.254 e. The molecule has 1 nitrogen and oxygen atoms in total. The minimum absolute atomic E-state index is 0.619. The van der Waals surface area contributed by atoms with Gasteiger partial charge in [-0.25, -0.2) is 0 Å². The van der Waals surface area contributed by atoms with Crippen LogP contribution in [-0.2, 0) is 0 Å². The van der Waals surface area contributed by atoms with Crippen LogP contribution in [0.1, 0.15) is 0 Å². The molecule has 110 valence electrons. The highest BCUT2D eigenvalue weighted by Gasteiger charge is 2.24. The molecule has 3 aromatic rings. The van der Waals surface area contributed by atoms with Gasteiger partial charge in [0, 0.05) is 34.8 Å². The second kappa shape index (κ2) is 6.98. The summed E-state index contributed by atoms with van der Waals surface area (Å²) in [6.45, 7) is 0. The van der Waals surface area contributed by atoms with Gasteiger partial charge < -0.3 is 0 Å². The number of halogens is 3. The first-order valence-electron chi connectivity index (χ1n) is 6.58. The van der Waals surface area contributed by atoms with E-state index in [9.17, 15) is 0 Å². The monoisotopic (exact) mass is 365 g/mol. The van der Waals surface area contributed by atoms with Gasteiger partial charge in [-0.15, -0.1) is 0 Å². The van der Waals surface area contributed by atoms with Crippen molar-refractivity contribution < 1.29 is 0 Å². The summed E-state index contributed by atoms with van der Waals surface area (Å²) in [7, 11) is -1.02. The Kier molecular flexibility index (Phi) is 5.00. The average molecular weight is 367 g/mol. The predicted octanol–water partition coefficient (Wildman–Crippen LogP) is 4.80. The normalized spacial score (nSPS) is 10.9. The number of hydrogen-bond acceptors (Lipinski definition) is 1. The Hall–Kier alpha value is -1.11. The molecule has 2 aromatic carbocycles. The van der Waals surface area contributed by atoms with Crippen LogP contribution in [0.25, 0.3) is 0 Å². The molecule has 3 rings (SSSR count). The van der Waals surface area contributed by atoms with E-state index in [-0.39, 0.29) is 0 Å². The van der Waals surface area contributed by atoms with E-state index in [0.29, 0.717) is 15.1 Å². The molecule has 0 amide bonds. The molecule has 0 fully saturated rings. The first-order valence-corrected chi connectivity index (χ1v) is 9.06. The van der Waals surface area contributed by atoms with Crippen LogP contribution in [0, 0.1) is 0 Å². The third kappa shape index (κ3) is 3.14. The number of benzene rings is 2. The predicted molar refractivity (Wildman–Crippen MR) is 98.0 cm³/mol. The molecule has 0 saturated carbocycles. The Morgan fingerprint density at radius 3 is 1.64 bits per heavy atom. The summed E-state index contributed by atoms with van der Waals surface area (Å²) < 4.78 is 0. The number of rotatable bonds is 3.